The van der Waals surface area contributed by atoms with Crippen molar-refractivity contribution in [3.05, 3.63) is 22.9 Å². The Hall–Kier alpha value is -1.82. The van der Waals surface area contributed by atoms with E-state index in [-0.39, 0.29) is 0 Å². The van der Waals surface area contributed by atoms with Crippen molar-refractivity contribution in [3.63, 3.8) is 0 Å². The first kappa shape index (κ1) is 11.3. The molecule has 18 heavy (non-hydrogen) atoms. The number of methoxy groups -OCH3 is 2. The van der Waals surface area contributed by atoms with E-state index >= 15 is 0 Å². The minimum absolute atomic E-state index is 0.663. The summed E-state index contributed by atoms with van der Waals surface area (Å²) in [5.41, 5.74) is 1.64. The van der Waals surface area contributed by atoms with Gasteiger partial charge in [0.25, 0.3) is 0 Å². The lowest BCUT2D eigenvalue weighted by Crippen LogP contribution is -1.91. The maximum Gasteiger partial charge on any atom is 0.162 e. The van der Waals surface area contributed by atoms with Crippen molar-refractivity contribution in [1.82, 2.24) is 15.2 Å². The topological polar surface area (TPSA) is 60.0 Å². The van der Waals surface area contributed by atoms with Crippen LogP contribution in [0.1, 0.15) is 0 Å². The molecule has 92 valence electrons. The van der Waals surface area contributed by atoms with Gasteiger partial charge in [0, 0.05) is 16.8 Å². The van der Waals surface area contributed by atoms with Crippen molar-refractivity contribution in [2.45, 2.75) is 0 Å². The maximum absolute atomic E-state index is 5.31. The highest BCUT2D eigenvalue weighted by atomic mass is 79.9. The number of nitrogens with zero attached hydrogens (tertiary/aromatic N) is 2. The number of nitrogens with one attached hydrogen (secondary N) is 1. The smallest absolute Gasteiger partial charge is 0.162 e. The number of benzene rings is 1. The molecule has 0 saturated heterocycles. The van der Waals surface area contributed by atoms with Crippen LogP contribution in [0, 0.1) is 0 Å². The zero-order chi connectivity index (χ0) is 12.7. The Kier molecular flexibility index (Phi) is 2.59. The number of halogens is 1. The molecule has 0 aliphatic rings. The third-order valence-electron chi connectivity index (χ3n) is 2.85. The van der Waals surface area contributed by atoms with Crippen molar-refractivity contribution in [2.75, 3.05) is 14.2 Å². The molecular formula is C12H10BrN3O2. The van der Waals surface area contributed by atoms with Gasteiger partial charge in [0.05, 0.1) is 25.9 Å². The van der Waals surface area contributed by atoms with Gasteiger partial charge in [-0.3, -0.25) is 10.1 Å². The number of fused-ring (bicyclic) bond motifs is 3. The first-order chi connectivity index (χ1) is 8.74. The molecule has 6 heteroatoms. The third-order valence-corrected chi connectivity index (χ3v) is 3.42. The van der Waals surface area contributed by atoms with Crippen molar-refractivity contribution in [2.24, 2.45) is 0 Å². The van der Waals surface area contributed by atoms with Gasteiger partial charge in [-0.2, -0.15) is 5.10 Å². The lowest BCUT2D eigenvalue weighted by Gasteiger charge is -2.09. The molecule has 1 aromatic carbocycles. The Labute approximate surface area is 111 Å². The number of H-pyrrole nitrogens is 1. The Morgan fingerprint density at radius 3 is 2.56 bits per heavy atom. The summed E-state index contributed by atoms with van der Waals surface area (Å²) in [4.78, 5) is 4.37. The molecule has 0 fully saturated rings. The van der Waals surface area contributed by atoms with Gasteiger partial charge in [-0.15, -0.1) is 0 Å². The van der Waals surface area contributed by atoms with Gasteiger partial charge in [-0.25, -0.2) is 0 Å². The molecule has 3 rings (SSSR count). The normalized spacial score (nSPS) is 11.1. The minimum Gasteiger partial charge on any atom is -0.493 e. The second-order valence-corrected chi connectivity index (χ2v) is 4.57. The summed E-state index contributed by atoms with van der Waals surface area (Å²) in [6.45, 7) is 0. The molecule has 0 bridgehead atoms. The molecule has 0 atom stereocenters. The monoisotopic (exact) mass is 307 g/mol. The Bertz CT molecular complexity index is 739. The van der Waals surface area contributed by atoms with E-state index in [4.69, 9.17) is 9.47 Å². The van der Waals surface area contributed by atoms with Gasteiger partial charge in [-0.05, 0) is 22.0 Å². The van der Waals surface area contributed by atoms with E-state index in [2.05, 4.69) is 31.1 Å². The van der Waals surface area contributed by atoms with Crippen LogP contribution in [0.4, 0.5) is 0 Å². The fraction of sp³-hybridized carbons (Fsp3) is 0.167. The summed E-state index contributed by atoms with van der Waals surface area (Å²) in [6.07, 6.45) is 1.73. The second kappa shape index (κ2) is 4.13. The van der Waals surface area contributed by atoms with Gasteiger partial charge in [0.1, 0.15) is 10.1 Å². The fourth-order valence-corrected chi connectivity index (χ4v) is 2.49. The molecule has 5 nitrogen and oxygen atoms in total. The van der Waals surface area contributed by atoms with E-state index < -0.39 is 0 Å². The summed E-state index contributed by atoms with van der Waals surface area (Å²) < 4.78 is 11.4. The Morgan fingerprint density at radius 2 is 1.83 bits per heavy atom. The van der Waals surface area contributed by atoms with Gasteiger partial charge < -0.3 is 9.47 Å². The van der Waals surface area contributed by atoms with Gasteiger partial charge in [0.2, 0.25) is 0 Å². The summed E-state index contributed by atoms with van der Waals surface area (Å²) in [5.74, 6) is 1.34. The minimum atomic E-state index is 0.663. The SMILES string of the molecule is COc1cc2ncc3n[nH]c(Br)c3c2cc1OC. The van der Waals surface area contributed by atoms with Crippen LogP contribution in [0.25, 0.3) is 21.8 Å². The van der Waals surface area contributed by atoms with E-state index in [1.54, 1.807) is 20.4 Å². The highest BCUT2D eigenvalue weighted by molar-refractivity contribution is 9.10. The third kappa shape index (κ3) is 1.53. The van der Waals surface area contributed by atoms with Crippen molar-refractivity contribution < 1.29 is 9.47 Å². The van der Waals surface area contributed by atoms with Crippen LogP contribution in [0.2, 0.25) is 0 Å². The van der Waals surface area contributed by atoms with Crippen LogP contribution in [0.15, 0.2) is 22.9 Å². The lowest BCUT2D eigenvalue weighted by atomic mass is 10.1. The molecule has 0 radical (unpaired) electrons. The first-order valence-electron chi connectivity index (χ1n) is 5.29. The summed E-state index contributed by atoms with van der Waals surface area (Å²) in [7, 11) is 3.22. The predicted octanol–water partition coefficient (Wildman–Crippen LogP) is 2.89. The van der Waals surface area contributed by atoms with E-state index in [1.165, 1.54) is 0 Å². The van der Waals surface area contributed by atoms with Crippen LogP contribution in [0.5, 0.6) is 11.5 Å². The van der Waals surface area contributed by atoms with E-state index in [9.17, 15) is 0 Å². The van der Waals surface area contributed by atoms with Crippen LogP contribution in [0.3, 0.4) is 0 Å². The zero-order valence-electron chi connectivity index (χ0n) is 9.82. The summed E-state index contributed by atoms with van der Waals surface area (Å²) >= 11 is 3.45. The quantitative estimate of drug-likeness (QED) is 0.791. The van der Waals surface area contributed by atoms with E-state index in [1.807, 2.05) is 12.1 Å². The second-order valence-electron chi connectivity index (χ2n) is 3.78. The largest absolute Gasteiger partial charge is 0.493 e. The predicted molar refractivity (Wildman–Crippen MR) is 72.2 cm³/mol. The molecule has 0 saturated carbocycles. The summed E-state index contributed by atoms with van der Waals surface area (Å²) in [6, 6.07) is 3.76. The number of ether oxygens (including phenoxy) is 2. The van der Waals surface area contributed by atoms with Gasteiger partial charge in [-0.1, -0.05) is 0 Å². The number of aromatic amines is 1. The van der Waals surface area contributed by atoms with Crippen LogP contribution in [-0.2, 0) is 0 Å². The molecule has 3 aromatic rings. The van der Waals surface area contributed by atoms with E-state index in [0.717, 1.165) is 26.4 Å². The molecule has 1 N–H and O–H groups in total. The molecule has 2 aromatic heterocycles. The van der Waals surface area contributed by atoms with Gasteiger partial charge in [0.15, 0.2) is 11.5 Å². The highest BCUT2D eigenvalue weighted by Crippen LogP contribution is 2.36. The zero-order valence-corrected chi connectivity index (χ0v) is 11.4. The average molecular weight is 308 g/mol. The van der Waals surface area contributed by atoms with E-state index in [0.29, 0.717) is 11.5 Å². The van der Waals surface area contributed by atoms with Crippen molar-refractivity contribution in [1.29, 1.82) is 0 Å². The number of rotatable bonds is 2. The van der Waals surface area contributed by atoms with Crippen LogP contribution < -0.4 is 9.47 Å². The molecule has 0 aliphatic carbocycles. The molecule has 0 spiro atoms. The maximum atomic E-state index is 5.31. The Balaban J connectivity index is 2.46. The molecule has 0 aliphatic heterocycles. The van der Waals surface area contributed by atoms with Crippen molar-refractivity contribution >= 4 is 37.7 Å². The molecular weight excluding hydrogens is 298 g/mol. The number of hydrogen-bond acceptors (Lipinski definition) is 4. The number of pyridine rings is 1. The average Bonchev–Trinajstić information content (AvgIpc) is 2.79. The summed E-state index contributed by atoms with van der Waals surface area (Å²) in [5, 5.41) is 9.00. The van der Waals surface area contributed by atoms with Crippen LogP contribution >= 0.6 is 15.9 Å². The molecule has 2 heterocycles. The number of hydrogen-bond donors (Lipinski definition) is 1. The molecule has 0 amide bonds. The van der Waals surface area contributed by atoms with Crippen LogP contribution in [-0.4, -0.2) is 29.4 Å². The molecule has 0 unspecified atom stereocenters. The standard InChI is InChI=1S/C12H10BrN3O2/c1-17-9-3-6-7(4-10(9)18-2)14-5-8-11(6)12(13)16-15-8/h3-5H,1-2H3,(H,15,16). The first-order valence-corrected chi connectivity index (χ1v) is 6.08. The lowest BCUT2D eigenvalue weighted by molar-refractivity contribution is 0.356. The fourth-order valence-electron chi connectivity index (χ4n) is 1.99. The highest BCUT2D eigenvalue weighted by Gasteiger charge is 2.12. The number of aromatic nitrogens is 3. The van der Waals surface area contributed by atoms with Gasteiger partial charge >= 0.3 is 0 Å². The Morgan fingerprint density at radius 1 is 1.11 bits per heavy atom. The van der Waals surface area contributed by atoms with Crippen molar-refractivity contribution in [3.8, 4) is 11.5 Å².